The van der Waals surface area contributed by atoms with Crippen LogP contribution in [0.15, 0.2) is 42.7 Å². The van der Waals surface area contributed by atoms with Gasteiger partial charge in [-0.1, -0.05) is 18.2 Å². The third kappa shape index (κ3) is 2.16. The molecule has 0 aliphatic rings. The van der Waals surface area contributed by atoms with Gasteiger partial charge in [-0.15, -0.1) is 0 Å². The Hall–Kier alpha value is -2.96. The molecule has 0 saturated heterocycles. The molecular weight excluding hydrogens is 258 g/mol. The van der Waals surface area contributed by atoms with E-state index >= 15 is 0 Å². The molecule has 0 radical (unpaired) electrons. The monoisotopic (exact) mass is 269 g/mol. The van der Waals surface area contributed by atoms with Crippen molar-refractivity contribution in [3.63, 3.8) is 0 Å². The van der Waals surface area contributed by atoms with Crippen molar-refractivity contribution in [2.75, 3.05) is 5.73 Å². The predicted molar refractivity (Wildman–Crippen MR) is 74.1 cm³/mol. The van der Waals surface area contributed by atoms with Crippen LogP contribution in [0.2, 0.25) is 0 Å². The van der Waals surface area contributed by atoms with Gasteiger partial charge in [-0.25, -0.2) is 4.98 Å². The van der Waals surface area contributed by atoms with Crippen molar-refractivity contribution in [2.24, 2.45) is 0 Å². The summed E-state index contributed by atoms with van der Waals surface area (Å²) in [6.07, 6.45) is 2.58. The van der Waals surface area contributed by atoms with E-state index in [9.17, 15) is 10.1 Å². The molecule has 3 aromatic rings. The highest BCUT2D eigenvalue weighted by molar-refractivity contribution is 5.81. The van der Waals surface area contributed by atoms with Gasteiger partial charge in [-0.3, -0.25) is 14.8 Å². The van der Waals surface area contributed by atoms with Gasteiger partial charge in [0.05, 0.1) is 17.0 Å². The third-order valence-corrected chi connectivity index (χ3v) is 3.00. The number of nitrogen functional groups attached to an aromatic ring is 1. The molecule has 3 rings (SSSR count). The van der Waals surface area contributed by atoms with Crippen molar-refractivity contribution < 1.29 is 4.92 Å². The smallest absolute Gasteiger partial charge is 0.307 e. The van der Waals surface area contributed by atoms with Crippen LogP contribution in [0.1, 0.15) is 5.56 Å². The standard InChI is InChI=1S/C13H11N5O2/c14-13-10(5-9-3-1-2-4-12(9)16-13)7-17-8-11(6-15-17)18(19)20/h1-6,8H,7H2,(H2,14,16). The van der Waals surface area contributed by atoms with Crippen molar-refractivity contribution in [1.82, 2.24) is 14.8 Å². The van der Waals surface area contributed by atoms with Crippen molar-refractivity contribution >= 4 is 22.4 Å². The quantitative estimate of drug-likeness (QED) is 0.578. The molecule has 0 fully saturated rings. The first-order chi connectivity index (χ1) is 9.63. The highest BCUT2D eigenvalue weighted by Gasteiger charge is 2.10. The van der Waals surface area contributed by atoms with E-state index in [0.29, 0.717) is 12.4 Å². The fourth-order valence-corrected chi connectivity index (χ4v) is 2.01. The average molecular weight is 269 g/mol. The van der Waals surface area contributed by atoms with Crippen LogP contribution in [0.5, 0.6) is 0 Å². The number of pyridine rings is 1. The molecule has 7 nitrogen and oxygen atoms in total. The molecule has 2 aromatic heterocycles. The average Bonchev–Trinajstić information content (AvgIpc) is 2.88. The maximum absolute atomic E-state index is 10.6. The normalized spacial score (nSPS) is 10.8. The van der Waals surface area contributed by atoms with Gasteiger partial charge in [0.2, 0.25) is 0 Å². The van der Waals surface area contributed by atoms with Crippen LogP contribution < -0.4 is 5.73 Å². The lowest BCUT2D eigenvalue weighted by Crippen LogP contribution is -2.05. The van der Waals surface area contributed by atoms with Crippen LogP contribution >= 0.6 is 0 Å². The Morgan fingerprint density at radius 1 is 1.35 bits per heavy atom. The van der Waals surface area contributed by atoms with E-state index in [1.54, 1.807) is 0 Å². The zero-order valence-corrected chi connectivity index (χ0v) is 10.4. The number of benzene rings is 1. The Morgan fingerprint density at radius 3 is 2.90 bits per heavy atom. The maximum Gasteiger partial charge on any atom is 0.307 e. The van der Waals surface area contributed by atoms with E-state index in [-0.39, 0.29) is 5.69 Å². The molecule has 0 unspecified atom stereocenters. The Bertz CT molecular complexity index is 796. The van der Waals surface area contributed by atoms with Gasteiger partial charge in [-0.05, 0) is 12.1 Å². The first-order valence-electron chi connectivity index (χ1n) is 5.94. The van der Waals surface area contributed by atoms with Gasteiger partial charge in [0.15, 0.2) is 0 Å². The molecule has 20 heavy (non-hydrogen) atoms. The van der Waals surface area contributed by atoms with Gasteiger partial charge in [0, 0.05) is 10.9 Å². The first kappa shape index (κ1) is 12.1. The largest absolute Gasteiger partial charge is 0.383 e. The van der Waals surface area contributed by atoms with Crippen molar-refractivity contribution in [2.45, 2.75) is 6.54 Å². The number of nitrogens with two attached hydrogens (primary N) is 1. The lowest BCUT2D eigenvalue weighted by molar-refractivity contribution is -0.385. The maximum atomic E-state index is 10.6. The van der Waals surface area contributed by atoms with Crippen LogP contribution in [0, 0.1) is 10.1 Å². The zero-order valence-electron chi connectivity index (χ0n) is 10.4. The minimum absolute atomic E-state index is 0.0441. The summed E-state index contributed by atoms with van der Waals surface area (Å²) >= 11 is 0. The summed E-state index contributed by atoms with van der Waals surface area (Å²) in [4.78, 5) is 14.5. The van der Waals surface area contributed by atoms with E-state index < -0.39 is 4.92 Å². The number of hydrogen-bond acceptors (Lipinski definition) is 5. The van der Waals surface area contributed by atoms with Gasteiger partial charge in [0.1, 0.15) is 18.2 Å². The molecule has 2 heterocycles. The molecule has 100 valence electrons. The molecule has 1 aromatic carbocycles. The number of fused-ring (bicyclic) bond motifs is 1. The second kappa shape index (κ2) is 4.61. The number of aromatic nitrogens is 3. The van der Waals surface area contributed by atoms with Crippen LogP contribution in [-0.4, -0.2) is 19.7 Å². The SMILES string of the molecule is Nc1nc2ccccc2cc1Cn1cc([N+](=O)[O-])cn1. The van der Waals surface area contributed by atoms with Gasteiger partial charge < -0.3 is 5.73 Å². The number of para-hydroxylation sites is 1. The van der Waals surface area contributed by atoms with Crippen LogP contribution in [0.3, 0.4) is 0 Å². The molecular formula is C13H11N5O2. The highest BCUT2D eigenvalue weighted by atomic mass is 16.6. The minimum Gasteiger partial charge on any atom is -0.383 e. The van der Waals surface area contributed by atoms with Crippen molar-refractivity contribution in [1.29, 1.82) is 0 Å². The highest BCUT2D eigenvalue weighted by Crippen LogP contribution is 2.19. The molecule has 2 N–H and O–H groups in total. The number of rotatable bonds is 3. The summed E-state index contributed by atoms with van der Waals surface area (Å²) in [5.41, 5.74) is 7.47. The first-order valence-corrected chi connectivity index (χ1v) is 5.94. The second-order valence-electron chi connectivity index (χ2n) is 4.38. The number of hydrogen-bond donors (Lipinski definition) is 1. The van der Waals surface area contributed by atoms with Gasteiger partial charge >= 0.3 is 5.69 Å². The fraction of sp³-hybridized carbons (Fsp3) is 0.0769. The van der Waals surface area contributed by atoms with Gasteiger partial charge in [-0.2, -0.15) is 5.10 Å². The van der Waals surface area contributed by atoms with Crippen LogP contribution in [0.4, 0.5) is 11.5 Å². The van der Waals surface area contributed by atoms with Gasteiger partial charge in [0.25, 0.3) is 0 Å². The molecule has 0 aliphatic heterocycles. The Balaban J connectivity index is 1.97. The molecule has 0 saturated carbocycles. The summed E-state index contributed by atoms with van der Waals surface area (Å²) in [5.74, 6) is 0.404. The second-order valence-corrected chi connectivity index (χ2v) is 4.38. The van der Waals surface area contributed by atoms with E-state index in [0.717, 1.165) is 16.5 Å². The molecule has 0 atom stereocenters. The Morgan fingerprint density at radius 2 is 2.15 bits per heavy atom. The lowest BCUT2D eigenvalue weighted by Gasteiger charge is -2.07. The number of nitrogens with zero attached hydrogens (tertiary/aromatic N) is 4. The molecule has 0 aliphatic carbocycles. The predicted octanol–water partition coefficient (Wildman–Crippen LogP) is 1.97. The van der Waals surface area contributed by atoms with Crippen molar-refractivity contribution in [3.05, 3.63) is 58.4 Å². The number of nitro groups is 1. The van der Waals surface area contributed by atoms with E-state index in [1.807, 2.05) is 30.3 Å². The summed E-state index contributed by atoms with van der Waals surface area (Å²) in [6.45, 7) is 0.345. The third-order valence-electron chi connectivity index (χ3n) is 3.00. The van der Waals surface area contributed by atoms with E-state index in [2.05, 4.69) is 10.1 Å². The summed E-state index contributed by atoms with van der Waals surface area (Å²) < 4.78 is 1.47. The topological polar surface area (TPSA) is 99.9 Å². The van der Waals surface area contributed by atoms with E-state index in [4.69, 9.17) is 5.73 Å². The Kier molecular flexibility index (Phi) is 2.79. The molecule has 0 spiro atoms. The lowest BCUT2D eigenvalue weighted by atomic mass is 10.1. The summed E-state index contributed by atoms with van der Waals surface area (Å²) in [7, 11) is 0. The van der Waals surface area contributed by atoms with Crippen LogP contribution in [-0.2, 0) is 6.54 Å². The number of anilines is 1. The Labute approximate surface area is 113 Å². The fourth-order valence-electron chi connectivity index (χ4n) is 2.01. The van der Waals surface area contributed by atoms with E-state index in [1.165, 1.54) is 17.1 Å². The summed E-state index contributed by atoms with van der Waals surface area (Å²) in [6, 6.07) is 9.56. The summed E-state index contributed by atoms with van der Waals surface area (Å²) in [5, 5.41) is 15.5. The minimum atomic E-state index is -0.481. The van der Waals surface area contributed by atoms with Crippen LogP contribution in [0.25, 0.3) is 10.9 Å². The zero-order chi connectivity index (χ0) is 14.1. The molecule has 0 bridgehead atoms. The molecule has 0 amide bonds. The van der Waals surface area contributed by atoms with Crippen molar-refractivity contribution in [3.8, 4) is 0 Å². The molecule has 7 heteroatoms.